The van der Waals surface area contributed by atoms with Crippen molar-refractivity contribution in [3.05, 3.63) is 77.1 Å². The highest BCUT2D eigenvalue weighted by Crippen LogP contribution is 2.40. The Hall–Kier alpha value is -3.62. The highest BCUT2D eigenvalue weighted by atomic mass is 19.2. The van der Waals surface area contributed by atoms with E-state index in [4.69, 9.17) is 0 Å². The van der Waals surface area contributed by atoms with Gasteiger partial charge in [0.15, 0.2) is 17.5 Å². The highest BCUT2D eigenvalue weighted by Gasteiger charge is 2.34. The summed E-state index contributed by atoms with van der Waals surface area (Å²) in [6.07, 6.45) is 5.56. The van der Waals surface area contributed by atoms with Crippen molar-refractivity contribution < 1.29 is 18.0 Å². The Kier molecular flexibility index (Phi) is 5.19. The van der Waals surface area contributed by atoms with E-state index in [0.29, 0.717) is 35.6 Å². The summed E-state index contributed by atoms with van der Waals surface area (Å²) in [4.78, 5) is 17.4. The summed E-state index contributed by atoms with van der Waals surface area (Å²) in [5.41, 5.74) is 3.33. The first kappa shape index (κ1) is 21.2. The molecule has 33 heavy (non-hydrogen) atoms. The van der Waals surface area contributed by atoms with E-state index in [9.17, 15) is 18.0 Å². The van der Waals surface area contributed by atoms with Crippen LogP contribution in [-0.2, 0) is 13.5 Å². The molecule has 3 heterocycles. The highest BCUT2D eigenvalue weighted by molar-refractivity contribution is 5.93. The van der Waals surface area contributed by atoms with Crippen LogP contribution in [0.25, 0.3) is 16.9 Å². The number of carbonyl (C=O) groups is 1. The van der Waals surface area contributed by atoms with Crippen molar-refractivity contribution in [2.45, 2.75) is 32.2 Å². The molecule has 1 N–H and O–H groups in total. The summed E-state index contributed by atoms with van der Waals surface area (Å²) in [7, 11) is 1.68. The first-order valence-corrected chi connectivity index (χ1v) is 10.8. The molecule has 6 nitrogen and oxygen atoms in total. The lowest BCUT2D eigenvalue weighted by Gasteiger charge is -2.29. The fraction of sp³-hybridized carbons (Fsp3) is 0.292. The predicted molar refractivity (Wildman–Crippen MR) is 116 cm³/mol. The number of carbonyl (C=O) groups excluding carboxylic acids is 1. The second kappa shape index (κ2) is 8.06. The number of amides is 1. The molecule has 1 amide bonds. The van der Waals surface area contributed by atoms with E-state index in [1.54, 1.807) is 40.7 Å². The van der Waals surface area contributed by atoms with Gasteiger partial charge in [-0.05, 0) is 43.0 Å². The molecule has 2 unspecified atom stereocenters. The van der Waals surface area contributed by atoms with Crippen LogP contribution in [0.3, 0.4) is 0 Å². The zero-order chi connectivity index (χ0) is 23.3. The van der Waals surface area contributed by atoms with E-state index in [2.05, 4.69) is 22.3 Å². The van der Waals surface area contributed by atoms with Crippen LogP contribution in [-0.4, -0.2) is 25.1 Å². The minimum Gasteiger partial charge on any atom is -0.342 e. The number of hydrogen-bond donors (Lipinski definition) is 1. The van der Waals surface area contributed by atoms with E-state index in [0.717, 1.165) is 24.1 Å². The molecule has 0 saturated carbocycles. The molecule has 4 aromatic rings. The number of rotatable bonds is 4. The van der Waals surface area contributed by atoms with Gasteiger partial charge in [0, 0.05) is 30.6 Å². The summed E-state index contributed by atoms with van der Waals surface area (Å²) in [6.45, 7) is 2.06. The summed E-state index contributed by atoms with van der Waals surface area (Å²) >= 11 is 0. The zero-order valence-corrected chi connectivity index (χ0v) is 18.1. The lowest BCUT2D eigenvalue weighted by molar-refractivity contribution is 0.0920. The van der Waals surface area contributed by atoms with E-state index in [1.807, 2.05) is 6.07 Å². The number of aryl methyl sites for hydroxylation is 1. The minimum absolute atomic E-state index is 0.215. The predicted octanol–water partition coefficient (Wildman–Crippen LogP) is 4.60. The van der Waals surface area contributed by atoms with Crippen molar-refractivity contribution in [2.75, 3.05) is 0 Å². The number of nitrogens with zero attached hydrogens (tertiary/aromatic N) is 4. The molecular weight excluding hydrogens is 431 g/mol. The lowest BCUT2D eigenvalue weighted by Crippen LogP contribution is -2.34. The first-order valence-electron chi connectivity index (χ1n) is 10.8. The summed E-state index contributed by atoms with van der Waals surface area (Å²) in [6, 6.07) is 6.90. The quantitative estimate of drug-likeness (QED) is 0.460. The summed E-state index contributed by atoms with van der Waals surface area (Å²) in [5, 5.41) is 7.69. The summed E-state index contributed by atoms with van der Waals surface area (Å²) in [5.74, 6) is -4.02. The standard InChI is InChI=1S/C24H22F3N5O/c1-3-13-9-15-22(30-31(2)23(15)14-11-16(25)21(27)17(26)12-14)18(10-13)29-24(33)19-5-4-6-20-28-7-8-32(19)20/h4-8,11-13,18H,3,9-10H2,1-2H3,(H,29,33). The van der Waals surface area contributed by atoms with Crippen molar-refractivity contribution >= 4 is 11.6 Å². The Morgan fingerprint density at radius 2 is 1.97 bits per heavy atom. The maximum Gasteiger partial charge on any atom is 0.268 e. The van der Waals surface area contributed by atoms with Crippen molar-refractivity contribution in [2.24, 2.45) is 13.0 Å². The second-order valence-electron chi connectivity index (χ2n) is 8.40. The number of nitrogens with one attached hydrogen (secondary N) is 1. The molecule has 3 aromatic heterocycles. The number of pyridine rings is 1. The van der Waals surface area contributed by atoms with Gasteiger partial charge in [0.05, 0.1) is 17.4 Å². The number of fused-ring (bicyclic) bond motifs is 2. The van der Waals surface area contributed by atoms with Gasteiger partial charge in [0.1, 0.15) is 11.3 Å². The van der Waals surface area contributed by atoms with Gasteiger partial charge in [-0.2, -0.15) is 5.10 Å². The molecule has 0 aliphatic heterocycles. The van der Waals surface area contributed by atoms with Gasteiger partial charge in [0.25, 0.3) is 5.91 Å². The van der Waals surface area contributed by atoms with Gasteiger partial charge in [-0.3, -0.25) is 13.9 Å². The van der Waals surface area contributed by atoms with Crippen LogP contribution in [0, 0.1) is 23.4 Å². The third-order valence-electron chi connectivity index (χ3n) is 6.37. The average molecular weight is 453 g/mol. The molecule has 1 aliphatic rings. The third-order valence-corrected chi connectivity index (χ3v) is 6.37. The molecule has 0 radical (unpaired) electrons. The number of hydrogen-bond acceptors (Lipinski definition) is 3. The minimum atomic E-state index is -1.50. The third kappa shape index (κ3) is 3.57. The maximum absolute atomic E-state index is 14.0. The Morgan fingerprint density at radius 3 is 2.70 bits per heavy atom. The van der Waals surface area contributed by atoms with Crippen LogP contribution < -0.4 is 5.32 Å². The van der Waals surface area contributed by atoms with Crippen LogP contribution in [0.2, 0.25) is 0 Å². The normalized spacial score (nSPS) is 17.8. The van der Waals surface area contributed by atoms with Gasteiger partial charge in [-0.25, -0.2) is 18.2 Å². The molecule has 0 saturated heterocycles. The number of aromatic nitrogens is 4. The molecule has 5 rings (SSSR count). The molecule has 9 heteroatoms. The van der Waals surface area contributed by atoms with Gasteiger partial charge >= 0.3 is 0 Å². The van der Waals surface area contributed by atoms with E-state index < -0.39 is 17.5 Å². The second-order valence-corrected chi connectivity index (χ2v) is 8.40. The lowest BCUT2D eigenvalue weighted by atomic mass is 9.81. The van der Waals surface area contributed by atoms with Gasteiger partial charge in [-0.15, -0.1) is 0 Å². The fourth-order valence-electron chi connectivity index (χ4n) is 4.74. The molecule has 2 atom stereocenters. The van der Waals surface area contributed by atoms with Crippen LogP contribution in [0.5, 0.6) is 0 Å². The van der Waals surface area contributed by atoms with Crippen LogP contribution in [0.1, 0.15) is 47.6 Å². The Morgan fingerprint density at radius 1 is 1.21 bits per heavy atom. The van der Waals surface area contributed by atoms with E-state index in [-0.39, 0.29) is 23.4 Å². The van der Waals surface area contributed by atoms with E-state index in [1.165, 1.54) is 0 Å². The molecule has 0 spiro atoms. The number of benzene rings is 1. The van der Waals surface area contributed by atoms with E-state index >= 15 is 0 Å². The monoisotopic (exact) mass is 453 g/mol. The summed E-state index contributed by atoms with van der Waals surface area (Å²) < 4.78 is 44.7. The van der Waals surface area contributed by atoms with Crippen molar-refractivity contribution in [3.8, 4) is 11.3 Å². The van der Waals surface area contributed by atoms with Crippen molar-refractivity contribution in [1.29, 1.82) is 0 Å². The van der Waals surface area contributed by atoms with Gasteiger partial charge in [0.2, 0.25) is 0 Å². The van der Waals surface area contributed by atoms with Gasteiger partial charge in [-0.1, -0.05) is 19.4 Å². The van der Waals surface area contributed by atoms with Crippen molar-refractivity contribution in [3.63, 3.8) is 0 Å². The Balaban J connectivity index is 1.55. The SMILES string of the molecule is CCC1Cc2c(nn(C)c2-c2cc(F)c(F)c(F)c2)C(NC(=O)c2cccc3nccn23)C1. The molecule has 0 fully saturated rings. The first-order chi connectivity index (χ1) is 15.9. The number of imidazole rings is 1. The van der Waals surface area contributed by atoms with Crippen LogP contribution in [0.4, 0.5) is 13.2 Å². The Bertz CT molecular complexity index is 1350. The average Bonchev–Trinajstić information content (AvgIpc) is 3.40. The Labute approximate surface area is 188 Å². The molecule has 170 valence electrons. The number of halogens is 3. The largest absolute Gasteiger partial charge is 0.342 e. The molecular formula is C24H22F3N5O. The zero-order valence-electron chi connectivity index (χ0n) is 18.1. The van der Waals surface area contributed by atoms with Crippen LogP contribution >= 0.6 is 0 Å². The smallest absolute Gasteiger partial charge is 0.268 e. The van der Waals surface area contributed by atoms with Crippen molar-refractivity contribution in [1.82, 2.24) is 24.5 Å². The van der Waals surface area contributed by atoms with Gasteiger partial charge < -0.3 is 5.32 Å². The topological polar surface area (TPSA) is 64.2 Å². The fourth-order valence-corrected chi connectivity index (χ4v) is 4.74. The molecule has 1 aliphatic carbocycles. The van der Waals surface area contributed by atoms with Crippen LogP contribution in [0.15, 0.2) is 42.7 Å². The maximum atomic E-state index is 14.0. The molecule has 1 aromatic carbocycles. The molecule has 0 bridgehead atoms.